The van der Waals surface area contributed by atoms with Crippen LogP contribution in [0.1, 0.15) is 19.6 Å². The van der Waals surface area contributed by atoms with Crippen molar-refractivity contribution in [3.05, 3.63) is 6.33 Å². The molecule has 0 aliphatic carbocycles. The molecule has 1 fully saturated rings. The summed E-state index contributed by atoms with van der Waals surface area (Å²) >= 11 is 0. The molecule has 1 saturated heterocycles. The summed E-state index contributed by atoms with van der Waals surface area (Å²) in [7, 11) is 0. The summed E-state index contributed by atoms with van der Waals surface area (Å²) in [6.07, 6.45) is -2.44. The number of hydrogen-bond acceptors (Lipinski definition) is 8. The molecular weight excluding hydrogens is 295 g/mol. The Morgan fingerprint density at radius 2 is 2.18 bits per heavy atom. The highest BCUT2D eigenvalue weighted by Crippen LogP contribution is 2.44. The average Bonchev–Trinajstić information content (AvgIpc) is 3.00. The number of hydrogen-bond donors (Lipinski definition) is 4. The Labute approximate surface area is 124 Å². The predicted octanol–water partition coefficient (Wildman–Crippen LogP) is -0.640. The molecule has 3 rings (SSSR count). The lowest BCUT2D eigenvalue weighted by molar-refractivity contribution is -0.0628. The number of aliphatic hydroxyl groups excluding tert-OH is 2. The summed E-state index contributed by atoms with van der Waals surface area (Å²) in [6, 6.07) is 0. The molecule has 2 aromatic heterocycles. The van der Waals surface area contributed by atoms with E-state index >= 15 is 4.39 Å². The normalized spacial score (nSPS) is 31.9. The fraction of sp³-hybridized carbons (Fsp3) is 0.583. The fourth-order valence-corrected chi connectivity index (χ4v) is 2.76. The third-order valence-electron chi connectivity index (χ3n) is 4.00. The summed E-state index contributed by atoms with van der Waals surface area (Å²) in [6.45, 7) is 1.07. The average molecular weight is 312 g/mol. The maximum atomic E-state index is 15.2. The molecule has 10 heteroatoms. The highest BCUT2D eigenvalue weighted by atomic mass is 19.1. The number of nitrogens with two attached hydrogens (primary N) is 2. The van der Waals surface area contributed by atoms with Gasteiger partial charge in [-0.05, 0) is 6.42 Å². The summed E-state index contributed by atoms with van der Waals surface area (Å²) in [5.74, 6) is -0.00980. The van der Waals surface area contributed by atoms with Crippen molar-refractivity contribution in [1.29, 1.82) is 0 Å². The van der Waals surface area contributed by atoms with Gasteiger partial charge in [-0.15, -0.1) is 0 Å². The molecule has 0 spiro atoms. The maximum Gasteiger partial charge on any atom is 0.224 e. The van der Waals surface area contributed by atoms with Crippen molar-refractivity contribution < 1.29 is 19.3 Å². The lowest BCUT2D eigenvalue weighted by Crippen LogP contribution is -2.42. The number of aromatic nitrogens is 4. The summed E-state index contributed by atoms with van der Waals surface area (Å²) in [4.78, 5) is 11.8. The molecular formula is C12H17FN6O3. The molecule has 0 radical (unpaired) electrons. The lowest BCUT2D eigenvalue weighted by atomic mass is 9.93. The van der Waals surface area contributed by atoms with Gasteiger partial charge in [0.25, 0.3) is 0 Å². The second-order valence-corrected chi connectivity index (χ2v) is 5.23. The standard InChI is InChI=1S/C12H17FN6O3/c1-2-12(13)7(21)5(3-20)22-10(12)19-4-16-6-8(14)17-11(15)18-9(6)19/h4-5,7,10,20-21H,2-3H2,1H3,(H4,14,15,17,18). The first-order valence-electron chi connectivity index (χ1n) is 6.81. The van der Waals surface area contributed by atoms with Crippen LogP contribution >= 0.6 is 0 Å². The smallest absolute Gasteiger partial charge is 0.224 e. The van der Waals surface area contributed by atoms with Crippen LogP contribution in [0.15, 0.2) is 6.33 Å². The zero-order chi connectivity index (χ0) is 16.1. The van der Waals surface area contributed by atoms with E-state index in [0.717, 1.165) is 0 Å². The Morgan fingerprint density at radius 3 is 2.82 bits per heavy atom. The van der Waals surface area contributed by atoms with Gasteiger partial charge >= 0.3 is 0 Å². The first kappa shape index (κ1) is 14.9. The SMILES string of the molecule is CCC1(F)C(O)C(CO)OC1n1cnc2c(N)nc(N)nc21. The number of halogens is 1. The second kappa shape index (κ2) is 5.00. The number of ether oxygens (including phenoxy) is 1. The van der Waals surface area contributed by atoms with E-state index in [4.69, 9.17) is 16.2 Å². The third-order valence-corrected chi connectivity index (χ3v) is 4.00. The molecule has 0 aromatic carbocycles. The summed E-state index contributed by atoms with van der Waals surface area (Å²) in [5.41, 5.74) is 9.65. The van der Waals surface area contributed by atoms with E-state index < -0.39 is 30.7 Å². The van der Waals surface area contributed by atoms with E-state index in [1.165, 1.54) is 10.9 Å². The molecule has 3 heterocycles. The Kier molecular flexibility index (Phi) is 3.38. The number of nitrogen functional groups attached to an aromatic ring is 2. The zero-order valence-electron chi connectivity index (χ0n) is 11.8. The van der Waals surface area contributed by atoms with E-state index in [0.29, 0.717) is 0 Å². The maximum absolute atomic E-state index is 15.2. The highest BCUT2D eigenvalue weighted by molar-refractivity contribution is 5.82. The molecule has 0 amide bonds. The van der Waals surface area contributed by atoms with Crippen molar-refractivity contribution in [2.75, 3.05) is 18.1 Å². The van der Waals surface area contributed by atoms with E-state index in [1.54, 1.807) is 6.92 Å². The topological polar surface area (TPSA) is 145 Å². The van der Waals surface area contributed by atoms with Crippen LogP contribution in [0.5, 0.6) is 0 Å². The van der Waals surface area contributed by atoms with Gasteiger partial charge in [-0.25, -0.2) is 9.37 Å². The quantitative estimate of drug-likeness (QED) is 0.585. The highest BCUT2D eigenvalue weighted by Gasteiger charge is 2.57. The van der Waals surface area contributed by atoms with E-state index in [2.05, 4.69) is 15.0 Å². The molecule has 9 nitrogen and oxygen atoms in total. The molecule has 1 aliphatic rings. The van der Waals surface area contributed by atoms with E-state index in [9.17, 15) is 10.2 Å². The largest absolute Gasteiger partial charge is 0.394 e. The first-order chi connectivity index (χ1) is 10.4. The number of aliphatic hydroxyl groups is 2. The number of fused-ring (bicyclic) bond motifs is 1. The number of anilines is 2. The Balaban J connectivity index is 2.14. The van der Waals surface area contributed by atoms with Crippen LogP contribution in [0.2, 0.25) is 0 Å². The van der Waals surface area contributed by atoms with Crippen molar-refractivity contribution in [3.63, 3.8) is 0 Å². The number of nitrogens with zero attached hydrogens (tertiary/aromatic N) is 4. The van der Waals surface area contributed by atoms with E-state index in [-0.39, 0.29) is 29.4 Å². The van der Waals surface area contributed by atoms with Crippen molar-refractivity contribution in [2.24, 2.45) is 0 Å². The van der Waals surface area contributed by atoms with Gasteiger partial charge in [-0.2, -0.15) is 9.97 Å². The first-order valence-corrected chi connectivity index (χ1v) is 6.81. The van der Waals surface area contributed by atoms with Crippen molar-refractivity contribution >= 4 is 22.9 Å². The van der Waals surface area contributed by atoms with Gasteiger partial charge in [0.1, 0.15) is 17.7 Å². The van der Waals surface area contributed by atoms with Crippen LogP contribution in [-0.2, 0) is 4.74 Å². The molecule has 120 valence electrons. The van der Waals surface area contributed by atoms with E-state index in [1.807, 2.05) is 0 Å². The number of imidazole rings is 1. The molecule has 6 N–H and O–H groups in total. The van der Waals surface area contributed by atoms with Crippen LogP contribution in [0.3, 0.4) is 0 Å². The van der Waals surface area contributed by atoms with Gasteiger partial charge in [0.15, 0.2) is 23.4 Å². The van der Waals surface area contributed by atoms with Gasteiger partial charge in [0.05, 0.1) is 12.9 Å². The monoisotopic (exact) mass is 312 g/mol. The fourth-order valence-electron chi connectivity index (χ4n) is 2.76. The van der Waals surface area contributed by atoms with Crippen LogP contribution in [0.25, 0.3) is 11.2 Å². The number of alkyl halides is 1. The molecule has 4 unspecified atom stereocenters. The minimum Gasteiger partial charge on any atom is -0.394 e. The van der Waals surface area contributed by atoms with Gasteiger partial charge in [0.2, 0.25) is 5.95 Å². The molecule has 2 aromatic rings. The molecule has 22 heavy (non-hydrogen) atoms. The van der Waals surface area contributed by atoms with Crippen LogP contribution in [-0.4, -0.2) is 54.2 Å². The summed E-state index contributed by atoms with van der Waals surface area (Å²) in [5, 5.41) is 19.3. The van der Waals surface area contributed by atoms with Gasteiger partial charge in [-0.1, -0.05) is 6.92 Å². The zero-order valence-corrected chi connectivity index (χ0v) is 11.8. The van der Waals surface area contributed by atoms with Crippen molar-refractivity contribution in [2.45, 2.75) is 37.4 Å². The number of rotatable bonds is 3. The van der Waals surface area contributed by atoms with Gasteiger partial charge < -0.3 is 26.4 Å². The third kappa shape index (κ3) is 1.91. The van der Waals surface area contributed by atoms with Gasteiger partial charge in [0, 0.05) is 0 Å². The summed E-state index contributed by atoms with van der Waals surface area (Å²) < 4.78 is 22.0. The Hall–Kier alpha value is -2.04. The minimum atomic E-state index is -2.10. The predicted molar refractivity (Wildman–Crippen MR) is 75.3 cm³/mol. The van der Waals surface area contributed by atoms with Crippen LogP contribution < -0.4 is 11.5 Å². The van der Waals surface area contributed by atoms with Crippen molar-refractivity contribution in [1.82, 2.24) is 19.5 Å². The minimum absolute atomic E-state index is 0.0228. The van der Waals surface area contributed by atoms with Gasteiger partial charge in [-0.3, -0.25) is 4.57 Å². The Morgan fingerprint density at radius 1 is 1.45 bits per heavy atom. The second-order valence-electron chi connectivity index (χ2n) is 5.23. The Bertz CT molecular complexity index is 709. The molecule has 1 aliphatic heterocycles. The molecule has 0 saturated carbocycles. The molecule has 0 bridgehead atoms. The van der Waals surface area contributed by atoms with Crippen LogP contribution in [0.4, 0.5) is 16.2 Å². The lowest BCUT2D eigenvalue weighted by Gasteiger charge is -2.27. The van der Waals surface area contributed by atoms with Crippen molar-refractivity contribution in [3.8, 4) is 0 Å². The molecule has 4 atom stereocenters. The van der Waals surface area contributed by atoms with Crippen LogP contribution in [0, 0.1) is 0 Å².